The predicted octanol–water partition coefficient (Wildman–Crippen LogP) is 1.60. The van der Waals surface area contributed by atoms with Gasteiger partial charge in [0.1, 0.15) is 5.75 Å². The highest BCUT2D eigenvalue weighted by Gasteiger charge is 2.07. The van der Waals surface area contributed by atoms with Gasteiger partial charge in [0.25, 0.3) is 5.56 Å². The Bertz CT molecular complexity index is 577. The van der Waals surface area contributed by atoms with Crippen molar-refractivity contribution < 1.29 is 4.74 Å². The molecule has 0 bridgehead atoms. The van der Waals surface area contributed by atoms with E-state index in [0.717, 1.165) is 0 Å². The van der Waals surface area contributed by atoms with Crippen LogP contribution in [0.5, 0.6) is 5.75 Å². The van der Waals surface area contributed by atoms with Gasteiger partial charge < -0.3 is 4.74 Å². The largest absolute Gasteiger partial charge is 0.497 e. The number of hydrogen-bond donors (Lipinski definition) is 0. The maximum absolute atomic E-state index is 11.7. The van der Waals surface area contributed by atoms with Crippen LogP contribution >= 0.6 is 11.6 Å². The van der Waals surface area contributed by atoms with Gasteiger partial charge in [-0.25, -0.2) is 4.68 Å². The Morgan fingerprint density at radius 3 is 2.80 bits per heavy atom. The first-order valence-electron chi connectivity index (χ1n) is 4.34. The zero-order valence-electron chi connectivity index (χ0n) is 8.32. The SMILES string of the molecule is COc1ccc2c(Cl)nn(C)c(=O)c2c1. The summed E-state index contributed by atoms with van der Waals surface area (Å²) in [4.78, 5) is 11.7. The average Bonchev–Trinajstić information content (AvgIpc) is 2.25. The van der Waals surface area contributed by atoms with Crippen LogP contribution in [0.25, 0.3) is 10.8 Å². The third-order valence-electron chi connectivity index (χ3n) is 2.21. The van der Waals surface area contributed by atoms with Gasteiger partial charge in [-0.2, -0.15) is 5.10 Å². The molecule has 1 heterocycles. The lowest BCUT2D eigenvalue weighted by atomic mass is 10.2. The summed E-state index contributed by atoms with van der Waals surface area (Å²) in [6.45, 7) is 0. The van der Waals surface area contributed by atoms with Crippen LogP contribution in [0.1, 0.15) is 0 Å². The minimum Gasteiger partial charge on any atom is -0.497 e. The Morgan fingerprint density at radius 2 is 2.13 bits per heavy atom. The third kappa shape index (κ3) is 1.57. The monoisotopic (exact) mass is 224 g/mol. The first kappa shape index (κ1) is 9.98. The molecule has 1 aromatic heterocycles. The standard InChI is InChI=1S/C10H9ClN2O2/c1-13-10(14)8-5-6(15-2)3-4-7(8)9(11)12-13/h3-5H,1-2H3. The van der Waals surface area contributed by atoms with Crippen LogP contribution in [0.15, 0.2) is 23.0 Å². The number of aromatic nitrogens is 2. The second kappa shape index (κ2) is 3.55. The fourth-order valence-electron chi connectivity index (χ4n) is 1.41. The van der Waals surface area contributed by atoms with Crippen LogP contribution in [0.3, 0.4) is 0 Å². The van der Waals surface area contributed by atoms with Gasteiger partial charge in [0.2, 0.25) is 0 Å². The summed E-state index contributed by atoms with van der Waals surface area (Å²) < 4.78 is 6.26. The molecule has 2 aromatic rings. The number of fused-ring (bicyclic) bond motifs is 1. The molecule has 0 amide bonds. The molecule has 2 rings (SSSR count). The molecule has 78 valence electrons. The molecule has 0 fully saturated rings. The number of rotatable bonds is 1. The van der Waals surface area contributed by atoms with Crippen LogP contribution in [0.4, 0.5) is 0 Å². The number of benzene rings is 1. The molecule has 15 heavy (non-hydrogen) atoms. The van der Waals surface area contributed by atoms with Crippen LogP contribution in [0, 0.1) is 0 Å². The zero-order chi connectivity index (χ0) is 11.0. The van der Waals surface area contributed by atoms with Crippen molar-refractivity contribution in [2.45, 2.75) is 0 Å². The fraction of sp³-hybridized carbons (Fsp3) is 0.200. The second-order valence-corrected chi connectivity index (χ2v) is 3.49. The van der Waals surface area contributed by atoms with E-state index in [2.05, 4.69) is 5.10 Å². The van der Waals surface area contributed by atoms with Gasteiger partial charge in [0.05, 0.1) is 12.5 Å². The molecule has 0 radical (unpaired) electrons. The Hall–Kier alpha value is -1.55. The van der Waals surface area contributed by atoms with Crippen molar-refractivity contribution >= 4 is 22.4 Å². The smallest absolute Gasteiger partial charge is 0.274 e. The van der Waals surface area contributed by atoms with Gasteiger partial charge in [-0.1, -0.05) is 11.6 Å². The zero-order valence-corrected chi connectivity index (χ0v) is 9.08. The molecule has 0 aliphatic heterocycles. The van der Waals surface area contributed by atoms with Crippen LogP contribution < -0.4 is 10.3 Å². The minimum atomic E-state index is -0.187. The van der Waals surface area contributed by atoms with E-state index < -0.39 is 0 Å². The Balaban J connectivity index is 2.91. The molecule has 0 aliphatic rings. The van der Waals surface area contributed by atoms with Gasteiger partial charge in [-0.05, 0) is 18.2 Å². The van der Waals surface area contributed by atoms with E-state index in [9.17, 15) is 4.79 Å². The maximum Gasteiger partial charge on any atom is 0.274 e. The van der Waals surface area contributed by atoms with E-state index in [4.69, 9.17) is 16.3 Å². The van der Waals surface area contributed by atoms with Crippen molar-refractivity contribution in [3.8, 4) is 5.75 Å². The van der Waals surface area contributed by atoms with Crippen molar-refractivity contribution in [2.75, 3.05) is 7.11 Å². The molecule has 0 aliphatic carbocycles. The first-order valence-corrected chi connectivity index (χ1v) is 4.72. The van der Waals surface area contributed by atoms with Gasteiger partial charge in [0.15, 0.2) is 5.15 Å². The molecular weight excluding hydrogens is 216 g/mol. The van der Waals surface area contributed by atoms with Crippen molar-refractivity contribution in [1.29, 1.82) is 0 Å². The summed E-state index contributed by atoms with van der Waals surface area (Å²) in [5, 5.41) is 5.35. The van der Waals surface area contributed by atoms with Crippen molar-refractivity contribution in [3.05, 3.63) is 33.7 Å². The van der Waals surface area contributed by atoms with Gasteiger partial charge >= 0.3 is 0 Å². The van der Waals surface area contributed by atoms with Crippen molar-refractivity contribution in [1.82, 2.24) is 9.78 Å². The highest BCUT2D eigenvalue weighted by molar-refractivity contribution is 6.34. The van der Waals surface area contributed by atoms with E-state index in [0.29, 0.717) is 21.7 Å². The Morgan fingerprint density at radius 1 is 1.40 bits per heavy atom. The molecule has 0 atom stereocenters. The molecule has 0 N–H and O–H groups in total. The summed E-state index contributed by atoms with van der Waals surface area (Å²) in [7, 11) is 3.11. The number of aryl methyl sites for hydroxylation is 1. The molecular formula is C10H9ClN2O2. The number of nitrogens with zero attached hydrogens (tertiary/aromatic N) is 2. The lowest BCUT2D eigenvalue weighted by Gasteiger charge is -2.04. The van der Waals surface area contributed by atoms with Gasteiger partial charge in [-0.3, -0.25) is 4.79 Å². The van der Waals surface area contributed by atoms with E-state index >= 15 is 0 Å². The normalized spacial score (nSPS) is 10.6. The van der Waals surface area contributed by atoms with E-state index in [-0.39, 0.29) is 5.56 Å². The lowest BCUT2D eigenvalue weighted by Crippen LogP contribution is -2.19. The van der Waals surface area contributed by atoms with E-state index in [1.54, 1.807) is 32.4 Å². The predicted molar refractivity (Wildman–Crippen MR) is 58.5 cm³/mol. The van der Waals surface area contributed by atoms with E-state index in [1.165, 1.54) is 4.68 Å². The first-order chi connectivity index (χ1) is 7.13. The minimum absolute atomic E-state index is 0.187. The number of halogens is 1. The highest BCUT2D eigenvalue weighted by atomic mass is 35.5. The Kier molecular flexibility index (Phi) is 2.36. The summed E-state index contributed by atoms with van der Waals surface area (Å²) in [6.07, 6.45) is 0. The van der Waals surface area contributed by atoms with E-state index in [1.807, 2.05) is 0 Å². The quantitative estimate of drug-likeness (QED) is 0.739. The van der Waals surface area contributed by atoms with Crippen molar-refractivity contribution in [3.63, 3.8) is 0 Å². The average molecular weight is 225 g/mol. The molecule has 0 spiro atoms. The molecule has 0 saturated heterocycles. The molecule has 0 saturated carbocycles. The van der Waals surface area contributed by atoms with Gasteiger partial charge in [0, 0.05) is 12.4 Å². The number of ether oxygens (including phenoxy) is 1. The summed E-state index contributed by atoms with van der Waals surface area (Å²) in [5.74, 6) is 0.627. The highest BCUT2D eigenvalue weighted by Crippen LogP contribution is 2.22. The lowest BCUT2D eigenvalue weighted by molar-refractivity contribution is 0.415. The van der Waals surface area contributed by atoms with Crippen LogP contribution in [-0.2, 0) is 7.05 Å². The molecule has 1 aromatic carbocycles. The van der Waals surface area contributed by atoms with Crippen molar-refractivity contribution in [2.24, 2.45) is 7.05 Å². The summed E-state index contributed by atoms with van der Waals surface area (Å²) in [6, 6.07) is 5.13. The fourth-order valence-corrected chi connectivity index (χ4v) is 1.69. The number of methoxy groups -OCH3 is 1. The maximum atomic E-state index is 11.7. The molecule has 4 nitrogen and oxygen atoms in total. The Labute approximate surface area is 91.0 Å². The topological polar surface area (TPSA) is 44.1 Å². The van der Waals surface area contributed by atoms with Crippen LogP contribution in [-0.4, -0.2) is 16.9 Å². The molecule has 5 heteroatoms. The summed E-state index contributed by atoms with van der Waals surface area (Å²) >= 11 is 5.92. The molecule has 0 unspecified atom stereocenters. The number of hydrogen-bond acceptors (Lipinski definition) is 3. The van der Waals surface area contributed by atoms with Crippen LogP contribution in [0.2, 0.25) is 5.15 Å². The summed E-state index contributed by atoms with van der Waals surface area (Å²) in [5.41, 5.74) is -0.187. The third-order valence-corrected chi connectivity index (χ3v) is 2.49. The van der Waals surface area contributed by atoms with Gasteiger partial charge in [-0.15, -0.1) is 0 Å². The second-order valence-electron chi connectivity index (χ2n) is 3.13.